The highest BCUT2D eigenvalue weighted by molar-refractivity contribution is 9.10. The molecule has 0 saturated carbocycles. The van der Waals surface area contributed by atoms with Crippen LogP contribution in [0.1, 0.15) is 11.1 Å². The lowest BCUT2D eigenvalue weighted by Gasteiger charge is -2.15. The number of hydrogen-bond acceptors (Lipinski definition) is 2. The van der Waals surface area contributed by atoms with Gasteiger partial charge in [0.15, 0.2) is 0 Å². The normalized spacial score (nSPS) is 12.7. The molecule has 3 heteroatoms. The first-order valence-electron chi connectivity index (χ1n) is 8.35. The van der Waals surface area contributed by atoms with Crippen molar-refractivity contribution in [1.29, 1.82) is 0 Å². The Morgan fingerprint density at radius 3 is 2.48 bits per heavy atom. The van der Waals surface area contributed by atoms with Gasteiger partial charge in [0.25, 0.3) is 0 Å². The molecule has 5 rings (SSSR count). The van der Waals surface area contributed by atoms with E-state index in [0.717, 1.165) is 34.4 Å². The predicted octanol–water partition coefficient (Wildman–Crippen LogP) is 7.20. The Balaban J connectivity index is 1.80. The second-order valence-electron chi connectivity index (χ2n) is 6.26. The largest absolute Gasteiger partial charge is 0.455 e. The van der Waals surface area contributed by atoms with Gasteiger partial charge in [0, 0.05) is 31.6 Å². The molecular weight excluding hydrogens is 392 g/mol. The molecule has 0 saturated heterocycles. The molecule has 2 aromatic carbocycles. The van der Waals surface area contributed by atoms with Gasteiger partial charge in [0.2, 0.25) is 0 Å². The highest BCUT2D eigenvalue weighted by Gasteiger charge is 2.28. The fourth-order valence-electron chi connectivity index (χ4n) is 3.63. The SMILES string of the molecule is Brc1ccc(-c2oc3c(c2-c2cccs2)CCc2ccccc2-3)cc1. The molecular formula is C22H15BrOS. The zero-order chi connectivity index (χ0) is 16.8. The van der Waals surface area contributed by atoms with E-state index in [4.69, 9.17) is 4.42 Å². The summed E-state index contributed by atoms with van der Waals surface area (Å²) in [5.74, 6) is 2.03. The highest BCUT2D eigenvalue weighted by atomic mass is 79.9. The molecule has 0 amide bonds. The van der Waals surface area contributed by atoms with Crippen LogP contribution in [0.15, 0.2) is 74.9 Å². The third-order valence-corrected chi connectivity index (χ3v) is 6.20. The van der Waals surface area contributed by atoms with Crippen molar-refractivity contribution in [2.24, 2.45) is 0 Å². The molecule has 0 bridgehead atoms. The van der Waals surface area contributed by atoms with Crippen molar-refractivity contribution in [3.8, 4) is 33.1 Å². The van der Waals surface area contributed by atoms with Crippen molar-refractivity contribution >= 4 is 27.3 Å². The monoisotopic (exact) mass is 406 g/mol. The zero-order valence-corrected chi connectivity index (χ0v) is 15.9. The number of halogens is 1. The summed E-state index contributed by atoms with van der Waals surface area (Å²) in [6.07, 6.45) is 2.10. The van der Waals surface area contributed by atoms with Gasteiger partial charge in [-0.25, -0.2) is 0 Å². The Morgan fingerprint density at radius 2 is 1.68 bits per heavy atom. The Hall–Kier alpha value is -2.10. The van der Waals surface area contributed by atoms with Gasteiger partial charge in [0.05, 0.1) is 0 Å². The van der Waals surface area contributed by atoms with Crippen LogP contribution >= 0.6 is 27.3 Å². The average Bonchev–Trinajstić information content (AvgIpc) is 3.29. The van der Waals surface area contributed by atoms with Crippen LogP contribution in [0.25, 0.3) is 33.1 Å². The van der Waals surface area contributed by atoms with Gasteiger partial charge in [-0.05, 0) is 42.0 Å². The number of thiophene rings is 1. The minimum absolute atomic E-state index is 0.983. The standard InChI is InChI=1S/C22H15BrOS/c23-16-10-7-15(8-11-16)21-20(19-6-3-13-25-19)18-12-9-14-4-1-2-5-17(14)22(18)24-21/h1-8,10-11,13H,9,12H2. The van der Waals surface area contributed by atoms with Crippen molar-refractivity contribution in [2.75, 3.05) is 0 Å². The summed E-state index contributed by atoms with van der Waals surface area (Å²) in [5.41, 5.74) is 6.35. The lowest BCUT2D eigenvalue weighted by Crippen LogP contribution is -2.02. The van der Waals surface area contributed by atoms with Crippen LogP contribution < -0.4 is 0 Å². The number of hydrogen-bond donors (Lipinski definition) is 0. The summed E-state index contributed by atoms with van der Waals surface area (Å²) in [6.45, 7) is 0. The number of rotatable bonds is 2. The number of furan rings is 1. The molecule has 0 unspecified atom stereocenters. The molecule has 4 aromatic rings. The van der Waals surface area contributed by atoms with E-state index >= 15 is 0 Å². The van der Waals surface area contributed by atoms with Crippen LogP contribution in [0.2, 0.25) is 0 Å². The summed E-state index contributed by atoms with van der Waals surface area (Å²) in [5, 5.41) is 2.14. The summed E-state index contributed by atoms with van der Waals surface area (Å²) < 4.78 is 7.58. The van der Waals surface area contributed by atoms with Gasteiger partial charge < -0.3 is 4.42 Å². The first-order chi connectivity index (χ1) is 12.3. The van der Waals surface area contributed by atoms with Crippen LogP contribution in [0, 0.1) is 0 Å². The second-order valence-corrected chi connectivity index (χ2v) is 8.12. The topological polar surface area (TPSA) is 13.1 Å². The van der Waals surface area contributed by atoms with Crippen LogP contribution in [0.5, 0.6) is 0 Å². The second kappa shape index (κ2) is 6.01. The maximum atomic E-state index is 6.50. The van der Waals surface area contributed by atoms with E-state index in [0.29, 0.717) is 0 Å². The third-order valence-electron chi connectivity index (χ3n) is 4.79. The minimum Gasteiger partial charge on any atom is -0.455 e. The fourth-order valence-corrected chi connectivity index (χ4v) is 4.69. The van der Waals surface area contributed by atoms with Gasteiger partial charge in [-0.15, -0.1) is 11.3 Å². The third kappa shape index (κ3) is 2.50. The first-order valence-corrected chi connectivity index (χ1v) is 10.0. The van der Waals surface area contributed by atoms with Crippen molar-refractivity contribution in [3.05, 3.63) is 81.6 Å². The molecule has 1 aliphatic rings. The number of fused-ring (bicyclic) bond motifs is 3. The molecule has 25 heavy (non-hydrogen) atoms. The number of benzene rings is 2. The van der Waals surface area contributed by atoms with E-state index in [1.54, 1.807) is 11.3 Å². The predicted molar refractivity (Wildman–Crippen MR) is 108 cm³/mol. The molecule has 0 radical (unpaired) electrons. The maximum absolute atomic E-state index is 6.50. The van der Waals surface area contributed by atoms with Crippen molar-refractivity contribution in [3.63, 3.8) is 0 Å². The molecule has 0 N–H and O–H groups in total. The summed E-state index contributed by atoms with van der Waals surface area (Å²) in [4.78, 5) is 1.28. The summed E-state index contributed by atoms with van der Waals surface area (Å²) in [7, 11) is 0. The van der Waals surface area contributed by atoms with Crippen LogP contribution in [-0.2, 0) is 12.8 Å². The van der Waals surface area contributed by atoms with E-state index in [1.807, 2.05) is 0 Å². The molecule has 0 aliphatic heterocycles. The van der Waals surface area contributed by atoms with E-state index in [9.17, 15) is 0 Å². The van der Waals surface area contributed by atoms with Crippen LogP contribution in [-0.4, -0.2) is 0 Å². The minimum atomic E-state index is 0.983. The Labute approximate surface area is 159 Å². The van der Waals surface area contributed by atoms with Crippen LogP contribution in [0.3, 0.4) is 0 Å². The Bertz CT molecular complexity index is 1040. The first kappa shape index (κ1) is 15.2. The Morgan fingerprint density at radius 1 is 0.840 bits per heavy atom. The van der Waals surface area contributed by atoms with E-state index in [-0.39, 0.29) is 0 Å². The zero-order valence-electron chi connectivity index (χ0n) is 13.5. The summed E-state index contributed by atoms with van der Waals surface area (Å²) in [6, 6.07) is 21.3. The summed E-state index contributed by atoms with van der Waals surface area (Å²) >= 11 is 5.30. The molecule has 2 aromatic heterocycles. The molecule has 2 heterocycles. The smallest absolute Gasteiger partial charge is 0.143 e. The van der Waals surface area contributed by atoms with Crippen molar-refractivity contribution in [2.45, 2.75) is 12.8 Å². The van der Waals surface area contributed by atoms with E-state index < -0.39 is 0 Å². The van der Waals surface area contributed by atoms with E-state index in [2.05, 4.69) is 82.0 Å². The molecule has 0 atom stereocenters. The lowest BCUT2D eigenvalue weighted by molar-refractivity contribution is 0.590. The van der Waals surface area contributed by atoms with Crippen molar-refractivity contribution in [1.82, 2.24) is 0 Å². The van der Waals surface area contributed by atoms with Gasteiger partial charge in [0.1, 0.15) is 11.5 Å². The van der Waals surface area contributed by atoms with Gasteiger partial charge in [-0.3, -0.25) is 0 Å². The van der Waals surface area contributed by atoms with Crippen molar-refractivity contribution < 1.29 is 4.42 Å². The average molecular weight is 407 g/mol. The molecule has 0 fully saturated rings. The van der Waals surface area contributed by atoms with Gasteiger partial charge in [-0.2, -0.15) is 0 Å². The molecule has 0 spiro atoms. The maximum Gasteiger partial charge on any atom is 0.143 e. The molecule has 1 aliphatic carbocycles. The highest BCUT2D eigenvalue weighted by Crippen LogP contribution is 2.47. The number of aryl methyl sites for hydroxylation is 1. The Kier molecular flexibility index (Phi) is 3.65. The lowest BCUT2D eigenvalue weighted by atomic mass is 9.88. The fraction of sp³-hybridized carbons (Fsp3) is 0.0909. The quantitative estimate of drug-likeness (QED) is 0.342. The van der Waals surface area contributed by atoms with Gasteiger partial charge >= 0.3 is 0 Å². The molecule has 122 valence electrons. The van der Waals surface area contributed by atoms with E-state index in [1.165, 1.54) is 27.1 Å². The molecule has 1 nitrogen and oxygen atoms in total. The van der Waals surface area contributed by atoms with Gasteiger partial charge in [-0.1, -0.05) is 58.4 Å². The van der Waals surface area contributed by atoms with Crippen LogP contribution in [0.4, 0.5) is 0 Å².